The van der Waals surface area contributed by atoms with Gasteiger partial charge in [0.2, 0.25) is 11.8 Å². The lowest BCUT2D eigenvalue weighted by molar-refractivity contribution is -0.125. The number of hydrogen-bond acceptors (Lipinski definition) is 3. The van der Waals surface area contributed by atoms with Crippen LogP contribution in [0.25, 0.3) is 11.1 Å². The van der Waals surface area contributed by atoms with E-state index < -0.39 is 35.3 Å². The fraction of sp³-hybridized carbons (Fsp3) is 0.105. The van der Waals surface area contributed by atoms with Gasteiger partial charge in [0.05, 0.1) is 12.6 Å². The van der Waals surface area contributed by atoms with E-state index in [2.05, 4.69) is 15.7 Å². The molecule has 142 valence electrons. The van der Waals surface area contributed by atoms with E-state index in [0.717, 1.165) is 5.56 Å². The lowest BCUT2D eigenvalue weighted by atomic mass is 10.1. The number of nitrogens with zero attached hydrogens (tertiary/aromatic N) is 2. The largest absolute Gasteiger partial charge is 0.324 e. The molecule has 28 heavy (non-hydrogen) atoms. The summed E-state index contributed by atoms with van der Waals surface area (Å²) in [5.41, 5.74) is 1.17. The van der Waals surface area contributed by atoms with Crippen LogP contribution in [-0.4, -0.2) is 21.6 Å². The van der Waals surface area contributed by atoms with Crippen LogP contribution in [0.4, 0.5) is 24.7 Å². The highest BCUT2D eigenvalue weighted by molar-refractivity contribution is 6.03. The van der Waals surface area contributed by atoms with Gasteiger partial charge in [-0.05, 0) is 5.56 Å². The normalized spacial score (nSPS) is 15.7. The van der Waals surface area contributed by atoms with Crippen molar-refractivity contribution in [3.05, 3.63) is 66.1 Å². The summed E-state index contributed by atoms with van der Waals surface area (Å²) in [6.45, 7) is 0. The molecule has 0 unspecified atom stereocenters. The molecule has 4 rings (SSSR count). The van der Waals surface area contributed by atoms with Gasteiger partial charge in [-0.25, -0.2) is 17.9 Å². The van der Waals surface area contributed by atoms with Crippen LogP contribution in [-0.2, 0) is 9.59 Å². The summed E-state index contributed by atoms with van der Waals surface area (Å²) < 4.78 is 41.2. The van der Waals surface area contributed by atoms with Gasteiger partial charge in [-0.2, -0.15) is 5.10 Å². The molecule has 0 bridgehead atoms. The SMILES string of the molecule is O=C1C[C@@H](C(=O)Nc2cc(F)c(F)c(F)c2)n2ncc(-c3ccccc3)c2N1. The number of aromatic nitrogens is 2. The molecule has 1 aliphatic heterocycles. The predicted molar refractivity (Wildman–Crippen MR) is 94.9 cm³/mol. The number of carbonyl (C=O) groups excluding carboxylic acids is 2. The molecule has 2 aromatic carbocycles. The summed E-state index contributed by atoms with van der Waals surface area (Å²) >= 11 is 0. The summed E-state index contributed by atoms with van der Waals surface area (Å²) in [4.78, 5) is 24.8. The van der Waals surface area contributed by atoms with E-state index in [-0.39, 0.29) is 12.1 Å². The molecular formula is C19H13F3N4O2. The Morgan fingerprint density at radius 2 is 1.82 bits per heavy atom. The number of anilines is 2. The molecule has 6 nitrogen and oxygen atoms in total. The first-order valence-corrected chi connectivity index (χ1v) is 8.32. The van der Waals surface area contributed by atoms with Crippen molar-refractivity contribution in [3.63, 3.8) is 0 Å². The molecule has 0 radical (unpaired) electrons. The molecule has 0 aliphatic carbocycles. The van der Waals surface area contributed by atoms with E-state index in [1.807, 2.05) is 30.3 Å². The molecule has 0 fully saturated rings. The maximum absolute atomic E-state index is 13.4. The van der Waals surface area contributed by atoms with Crippen molar-refractivity contribution in [1.29, 1.82) is 0 Å². The first-order chi connectivity index (χ1) is 13.4. The Kier molecular flexibility index (Phi) is 4.34. The van der Waals surface area contributed by atoms with Crippen LogP contribution in [0.2, 0.25) is 0 Å². The molecule has 9 heteroatoms. The van der Waals surface area contributed by atoms with Gasteiger partial charge >= 0.3 is 0 Å². The molecule has 2 amide bonds. The monoisotopic (exact) mass is 386 g/mol. The first kappa shape index (κ1) is 17.8. The number of nitrogens with one attached hydrogen (secondary N) is 2. The van der Waals surface area contributed by atoms with Crippen LogP contribution < -0.4 is 10.6 Å². The van der Waals surface area contributed by atoms with Gasteiger partial charge in [-0.3, -0.25) is 9.59 Å². The van der Waals surface area contributed by atoms with Crippen molar-refractivity contribution in [2.45, 2.75) is 12.5 Å². The minimum atomic E-state index is -1.63. The van der Waals surface area contributed by atoms with E-state index in [9.17, 15) is 22.8 Å². The lowest BCUT2D eigenvalue weighted by Crippen LogP contribution is -2.35. The van der Waals surface area contributed by atoms with Crippen LogP contribution >= 0.6 is 0 Å². The Morgan fingerprint density at radius 1 is 1.14 bits per heavy atom. The summed E-state index contributed by atoms with van der Waals surface area (Å²) in [6, 6.07) is 9.46. The maximum Gasteiger partial charge on any atom is 0.249 e. The third kappa shape index (κ3) is 3.11. The number of hydrogen-bond donors (Lipinski definition) is 2. The van der Waals surface area contributed by atoms with Crippen LogP contribution in [0.3, 0.4) is 0 Å². The standard InChI is InChI=1S/C19H13F3N4O2/c20-13-6-11(7-14(21)17(13)22)24-19(28)15-8-16(27)25-18-12(9-23-26(15)18)10-4-2-1-3-5-10/h1-7,9,15H,8H2,(H,24,28)(H,25,27)/t15-/m0/s1. The van der Waals surface area contributed by atoms with E-state index in [0.29, 0.717) is 23.5 Å². The summed E-state index contributed by atoms with van der Waals surface area (Å²) in [5, 5.41) is 9.19. The average Bonchev–Trinajstić information content (AvgIpc) is 3.09. The molecule has 1 aliphatic rings. The highest BCUT2D eigenvalue weighted by atomic mass is 19.2. The van der Waals surface area contributed by atoms with Crippen LogP contribution in [0, 0.1) is 17.5 Å². The Balaban J connectivity index is 1.66. The molecule has 3 aromatic rings. The topological polar surface area (TPSA) is 76.0 Å². The second-order valence-corrected chi connectivity index (χ2v) is 6.23. The van der Waals surface area contributed by atoms with E-state index in [4.69, 9.17) is 0 Å². The molecule has 2 heterocycles. The Hall–Kier alpha value is -3.62. The first-order valence-electron chi connectivity index (χ1n) is 8.32. The number of rotatable bonds is 3. The van der Waals surface area contributed by atoms with Crippen molar-refractivity contribution in [2.24, 2.45) is 0 Å². The fourth-order valence-corrected chi connectivity index (χ4v) is 3.05. The van der Waals surface area contributed by atoms with E-state index >= 15 is 0 Å². The zero-order valence-corrected chi connectivity index (χ0v) is 14.2. The number of carbonyl (C=O) groups is 2. The number of halogens is 3. The second-order valence-electron chi connectivity index (χ2n) is 6.23. The highest BCUT2D eigenvalue weighted by Gasteiger charge is 2.33. The zero-order chi connectivity index (χ0) is 19.8. The Bertz CT molecular complexity index is 1060. The van der Waals surface area contributed by atoms with Gasteiger partial charge < -0.3 is 10.6 Å². The fourth-order valence-electron chi connectivity index (χ4n) is 3.05. The summed E-state index contributed by atoms with van der Waals surface area (Å²) in [5.74, 6) is -5.24. The highest BCUT2D eigenvalue weighted by Crippen LogP contribution is 2.34. The minimum absolute atomic E-state index is 0.207. The maximum atomic E-state index is 13.4. The Labute approximate surface area is 157 Å². The van der Waals surface area contributed by atoms with E-state index in [1.165, 1.54) is 10.9 Å². The Morgan fingerprint density at radius 3 is 2.50 bits per heavy atom. The van der Waals surface area contributed by atoms with E-state index in [1.54, 1.807) is 0 Å². The lowest BCUT2D eigenvalue weighted by Gasteiger charge is -2.24. The zero-order valence-electron chi connectivity index (χ0n) is 14.2. The second kappa shape index (κ2) is 6.84. The molecule has 2 N–H and O–H groups in total. The molecule has 0 saturated carbocycles. The van der Waals surface area contributed by atoms with Crippen LogP contribution in [0.5, 0.6) is 0 Å². The molecule has 0 saturated heterocycles. The molecule has 0 spiro atoms. The predicted octanol–water partition coefficient (Wildman–Crippen LogP) is 3.49. The average molecular weight is 386 g/mol. The van der Waals surface area contributed by atoms with Crippen molar-refractivity contribution in [2.75, 3.05) is 10.6 Å². The smallest absolute Gasteiger partial charge is 0.249 e. The van der Waals surface area contributed by atoms with Crippen LogP contribution in [0.1, 0.15) is 12.5 Å². The third-order valence-electron chi connectivity index (χ3n) is 4.37. The molecule has 1 atom stereocenters. The van der Waals surface area contributed by atoms with Gasteiger partial charge in [0.15, 0.2) is 17.5 Å². The van der Waals surface area contributed by atoms with Gasteiger partial charge in [-0.1, -0.05) is 30.3 Å². The molecular weight excluding hydrogens is 373 g/mol. The van der Waals surface area contributed by atoms with Gasteiger partial charge in [0.25, 0.3) is 0 Å². The quantitative estimate of drug-likeness (QED) is 0.677. The van der Waals surface area contributed by atoms with Gasteiger partial charge in [0.1, 0.15) is 11.9 Å². The van der Waals surface area contributed by atoms with Crippen molar-refractivity contribution in [3.8, 4) is 11.1 Å². The number of benzene rings is 2. The third-order valence-corrected chi connectivity index (χ3v) is 4.37. The summed E-state index contributed by atoms with van der Waals surface area (Å²) in [6.07, 6.45) is 1.31. The van der Waals surface area contributed by atoms with Crippen molar-refractivity contribution < 1.29 is 22.8 Å². The molecule has 1 aromatic heterocycles. The summed E-state index contributed by atoms with van der Waals surface area (Å²) in [7, 11) is 0. The minimum Gasteiger partial charge on any atom is -0.324 e. The number of amides is 2. The van der Waals surface area contributed by atoms with Crippen molar-refractivity contribution >= 4 is 23.3 Å². The van der Waals surface area contributed by atoms with Crippen LogP contribution in [0.15, 0.2) is 48.7 Å². The van der Waals surface area contributed by atoms with Gasteiger partial charge in [0, 0.05) is 23.4 Å². The van der Waals surface area contributed by atoms with Gasteiger partial charge in [-0.15, -0.1) is 0 Å². The number of fused-ring (bicyclic) bond motifs is 1. The van der Waals surface area contributed by atoms with Crippen molar-refractivity contribution in [1.82, 2.24) is 9.78 Å².